The van der Waals surface area contributed by atoms with Gasteiger partial charge in [0, 0.05) is 24.8 Å². The Hall–Kier alpha value is -1.48. The maximum Gasteiger partial charge on any atom is 0.125 e. The van der Waals surface area contributed by atoms with Crippen molar-refractivity contribution in [3.63, 3.8) is 0 Å². The number of pyridine rings is 1. The maximum atomic E-state index is 4.31. The van der Waals surface area contributed by atoms with Gasteiger partial charge in [-0.25, -0.2) is 4.98 Å². The highest BCUT2D eigenvalue weighted by Crippen LogP contribution is 2.18. The summed E-state index contributed by atoms with van der Waals surface area (Å²) in [5.74, 6) is 2.97. The molecule has 2 nitrogen and oxygen atoms in total. The average Bonchev–Trinajstić information content (AvgIpc) is 2.40. The van der Waals surface area contributed by atoms with E-state index in [4.69, 9.17) is 0 Å². The molecule has 2 aromatic rings. The second-order valence-corrected chi connectivity index (χ2v) is 5.27. The lowest BCUT2D eigenvalue weighted by atomic mass is 10.2. The van der Waals surface area contributed by atoms with Gasteiger partial charge in [0.05, 0.1) is 0 Å². The fraction of sp³-hybridized carbons (Fsp3) is 0.267. The van der Waals surface area contributed by atoms with Gasteiger partial charge in [0.1, 0.15) is 5.82 Å². The monoisotopic (exact) mass is 258 g/mol. The van der Waals surface area contributed by atoms with Crippen LogP contribution in [-0.4, -0.2) is 12.0 Å². The molecular weight excluding hydrogens is 240 g/mol. The third kappa shape index (κ3) is 3.77. The van der Waals surface area contributed by atoms with Gasteiger partial charge in [-0.2, -0.15) is 11.8 Å². The molecule has 1 aromatic carbocycles. The van der Waals surface area contributed by atoms with Crippen LogP contribution in [0.25, 0.3) is 0 Å². The zero-order chi connectivity index (χ0) is 12.8. The first-order valence-electron chi connectivity index (χ1n) is 6.04. The molecule has 18 heavy (non-hydrogen) atoms. The molecule has 0 radical (unpaired) electrons. The number of aromatic nitrogens is 1. The predicted molar refractivity (Wildman–Crippen MR) is 80.0 cm³/mol. The first-order valence-corrected chi connectivity index (χ1v) is 7.19. The minimum Gasteiger partial charge on any atom is -0.373 e. The second kappa shape index (κ2) is 6.45. The summed E-state index contributed by atoms with van der Waals surface area (Å²) in [6.45, 7) is 2.13. The fourth-order valence-corrected chi connectivity index (χ4v) is 2.67. The van der Waals surface area contributed by atoms with Gasteiger partial charge in [0.15, 0.2) is 0 Å². The summed E-state index contributed by atoms with van der Waals surface area (Å²) >= 11 is 1.92. The standard InChI is InChI=1S/C15H18N2S/c1-12-4-3-5-13(8-12)10-18-11-14-6-7-15(16-2)17-9-14/h3-9H,10-11H2,1-2H3,(H,16,17). The molecule has 3 heteroatoms. The van der Waals surface area contributed by atoms with E-state index in [1.807, 2.05) is 31.1 Å². The van der Waals surface area contributed by atoms with Crippen molar-refractivity contribution in [2.45, 2.75) is 18.4 Å². The van der Waals surface area contributed by atoms with E-state index in [0.29, 0.717) is 0 Å². The van der Waals surface area contributed by atoms with Crippen molar-refractivity contribution in [2.75, 3.05) is 12.4 Å². The molecule has 0 aliphatic rings. The minimum atomic E-state index is 0.919. The molecule has 0 aliphatic heterocycles. The van der Waals surface area contributed by atoms with Gasteiger partial charge in [-0.1, -0.05) is 35.9 Å². The highest BCUT2D eigenvalue weighted by Gasteiger charge is 1.97. The SMILES string of the molecule is CNc1ccc(CSCc2cccc(C)c2)cn1. The van der Waals surface area contributed by atoms with Crippen LogP contribution in [0.2, 0.25) is 0 Å². The van der Waals surface area contributed by atoms with E-state index in [-0.39, 0.29) is 0 Å². The summed E-state index contributed by atoms with van der Waals surface area (Å²) in [6.07, 6.45) is 1.94. The number of hydrogen-bond donors (Lipinski definition) is 1. The van der Waals surface area contributed by atoms with Gasteiger partial charge >= 0.3 is 0 Å². The molecule has 2 rings (SSSR count). The number of nitrogens with zero attached hydrogens (tertiary/aromatic N) is 1. The van der Waals surface area contributed by atoms with Crippen LogP contribution < -0.4 is 5.32 Å². The van der Waals surface area contributed by atoms with E-state index in [1.54, 1.807) is 0 Å². The normalized spacial score (nSPS) is 10.3. The molecule has 1 heterocycles. The zero-order valence-electron chi connectivity index (χ0n) is 10.8. The molecule has 0 bridgehead atoms. The Balaban J connectivity index is 1.84. The highest BCUT2D eigenvalue weighted by atomic mass is 32.2. The Morgan fingerprint density at radius 1 is 1.11 bits per heavy atom. The molecule has 0 fully saturated rings. The Morgan fingerprint density at radius 3 is 2.61 bits per heavy atom. The summed E-state index contributed by atoms with van der Waals surface area (Å²) in [7, 11) is 1.88. The third-order valence-corrected chi connectivity index (χ3v) is 3.78. The van der Waals surface area contributed by atoms with Gasteiger partial charge in [-0.3, -0.25) is 0 Å². The van der Waals surface area contributed by atoms with Crippen LogP contribution in [0, 0.1) is 6.92 Å². The number of aryl methyl sites for hydroxylation is 1. The molecule has 0 unspecified atom stereocenters. The third-order valence-electron chi connectivity index (χ3n) is 2.70. The van der Waals surface area contributed by atoms with Crippen molar-refractivity contribution >= 4 is 17.6 Å². The van der Waals surface area contributed by atoms with E-state index < -0.39 is 0 Å². The predicted octanol–water partition coefficient (Wildman–Crippen LogP) is 3.87. The number of nitrogens with one attached hydrogen (secondary N) is 1. The van der Waals surface area contributed by atoms with Crippen LogP contribution in [0.4, 0.5) is 5.82 Å². The fourth-order valence-electron chi connectivity index (χ4n) is 1.75. The lowest BCUT2D eigenvalue weighted by Gasteiger charge is -2.04. The van der Waals surface area contributed by atoms with Crippen LogP contribution in [-0.2, 0) is 11.5 Å². The van der Waals surface area contributed by atoms with E-state index >= 15 is 0 Å². The van der Waals surface area contributed by atoms with Gasteiger partial charge < -0.3 is 5.32 Å². The molecule has 94 valence electrons. The summed E-state index contributed by atoms with van der Waals surface area (Å²) < 4.78 is 0. The molecule has 1 N–H and O–H groups in total. The molecule has 0 atom stereocenters. The van der Waals surface area contributed by atoms with Crippen LogP contribution >= 0.6 is 11.8 Å². The molecule has 0 aliphatic carbocycles. The molecule has 0 saturated carbocycles. The smallest absolute Gasteiger partial charge is 0.125 e. The summed E-state index contributed by atoms with van der Waals surface area (Å²) in [4.78, 5) is 4.31. The van der Waals surface area contributed by atoms with E-state index in [0.717, 1.165) is 17.3 Å². The Bertz CT molecular complexity index is 494. The van der Waals surface area contributed by atoms with Crippen molar-refractivity contribution in [1.82, 2.24) is 4.98 Å². The van der Waals surface area contributed by atoms with Crippen molar-refractivity contribution in [2.24, 2.45) is 0 Å². The van der Waals surface area contributed by atoms with Crippen LogP contribution in [0.15, 0.2) is 42.6 Å². The summed E-state index contributed by atoms with van der Waals surface area (Å²) in [6, 6.07) is 12.8. The van der Waals surface area contributed by atoms with Gasteiger partial charge in [0.2, 0.25) is 0 Å². The van der Waals surface area contributed by atoms with Crippen LogP contribution in [0.5, 0.6) is 0 Å². The molecular formula is C15H18N2S. The van der Waals surface area contributed by atoms with Crippen LogP contribution in [0.1, 0.15) is 16.7 Å². The van der Waals surface area contributed by atoms with Gasteiger partial charge in [0.25, 0.3) is 0 Å². The first kappa shape index (κ1) is 13.0. The van der Waals surface area contributed by atoms with Gasteiger partial charge in [-0.15, -0.1) is 0 Å². The molecule has 0 saturated heterocycles. The zero-order valence-corrected chi connectivity index (χ0v) is 11.6. The number of anilines is 1. The van der Waals surface area contributed by atoms with Crippen molar-refractivity contribution in [3.8, 4) is 0 Å². The van der Waals surface area contributed by atoms with E-state index in [9.17, 15) is 0 Å². The van der Waals surface area contributed by atoms with Crippen molar-refractivity contribution in [1.29, 1.82) is 0 Å². The summed E-state index contributed by atoms with van der Waals surface area (Å²) in [5, 5.41) is 3.02. The minimum absolute atomic E-state index is 0.919. The Kier molecular flexibility index (Phi) is 4.65. The van der Waals surface area contributed by atoms with Crippen molar-refractivity contribution in [3.05, 3.63) is 59.3 Å². The Labute approximate surface area is 113 Å². The molecule has 1 aromatic heterocycles. The quantitative estimate of drug-likeness (QED) is 0.881. The largest absolute Gasteiger partial charge is 0.373 e. The second-order valence-electron chi connectivity index (χ2n) is 4.28. The number of rotatable bonds is 5. The lowest BCUT2D eigenvalue weighted by Crippen LogP contribution is -1.92. The van der Waals surface area contributed by atoms with Gasteiger partial charge in [-0.05, 0) is 24.1 Å². The number of thioether (sulfide) groups is 1. The van der Waals surface area contributed by atoms with Crippen LogP contribution in [0.3, 0.4) is 0 Å². The highest BCUT2D eigenvalue weighted by molar-refractivity contribution is 7.97. The topological polar surface area (TPSA) is 24.9 Å². The van der Waals surface area contributed by atoms with Crippen molar-refractivity contribution < 1.29 is 0 Å². The molecule has 0 spiro atoms. The van der Waals surface area contributed by atoms with E-state index in [1.165, 1.54) is 16.7 Å². The average molecular weight is 258 g/mol. The van der Waals surface area contributed by atoms with E-state index in [2.05, 4.69) is 47.6 Å². The summed E-state index contributed by atoms with van der Waals surface area (Å²) in [5.41, 5.74) is 3.99. The first-order chi connectivity index (χ1) is 8.78. The lowest BCUT2D eigenvalue weighted by molar-refractivity contribution is 1.23. The molecule has 0 amide bonds. The number of benzene rings is 1. The number of hydrogen-bond acceptors (Lipinski definition) is 3. The maximum absolute atomic E-state index is 4.31. The Morgan fingerprint density at radius 2 is 1.94 bits per heavy atom.